The Morgan fingerprint density at radius 3 is 1.93 bits per heavy atom. The number of carbonyl (C=O) groups excluding carboxylic acids is 2. The van der Waals surface area contributed by atoms with E-state index in [2.05, 4.69) is 42.2 Å². The lowest BCUT2D eigenvalue weighted by Crippen LogP contribution is -2.72. The Morgan fingerprint density at radius 2 is 1.43 bits per heavy atom. The number of fused-ring (bicyclic) bond motifs is 1. The zero-order valence-corrected chi connectivity index (χ0v) is 25.0. The average molecular weight is 597 g/mol. The quantitative estimate of drug-likeness (QED) is 0.190. The van der Waals surface area contributed by atoms with E-state index in [0.29, 0.717) is 5.75 Å². The van der Waals surface area contributed by atoms with Crippen molar-refractivity contribution in [2.75, 3.05) is 19.4 Å². The maximum atomic E-state index is 14.4. The number of β-lactam (4-membered cyclic amide) rings is 1. The van der Waals surface area contributed by atoms with E-state index in [4.69, 9.17) is 15.2 Å². The van der Waals surface area contributed by atoms with Crippen molar-refractivity contribution in [2.45, 2.75) is 18.0 Å². The van der Waals surface area contributed by atoms with Gasteiger partial charge in [-0.3, -0.25) is 9.59 Å². The summed E-state index contributed by atoms with van der Waals surface area (Å²) >= 11 is 1.56. The van der Waals surface area contributed by atoms with Crippen molar-refractivity contribution >= 4 is 52.2 Å². The summed E-state index contributed by atoms with van der Waals surface area (Å²) in [5.74, 6) is 2.97. The highest BCUT2D eigenvalue weighted by atomic mass is 32.2. The van der Waals surface area contributed by atoms with Crippen LogP contribution in [0.1, 0.15) is 5.56 Å². The van der Waals surface area contributed by atoms with Gasteiger partial charge in [0.15, 0.2) is 0 Å². The number of ether oxygens (including phenoxy) is 2. The van der Waals surface area contributed by atoms with Crippen molar-refractivity contribution in [3.8, 4) is 5.75 Å². The van der Waals surface area contributed by atoms with Gasteiger partial charge in [-0.05, 0) is 40.5 Å². The lowest BCUT2D eigenvalue weighted by Gasteiger charge is -2.53. The molecule has 214 valence electrons. The van der Waals surface area contributed by atoms with Crippen LogP contribution in [-0.2, 0) is 20.9 Å². The second-order valence-corrected chi connectivity index (χ2v) is 15.0. The maximum Gasteiger partial charge on any atom is 0.319 e. The second-order valence-electron chi connectivity index (χ2n) is 10.6. The molecule has 6 nitrogen and oxygen atoms in total. The second kappa shape index (κ2) is 11.8. The number of methoxy groups -OCH3 is 1. The standard InChI is InChI=1S/C34H33N2O4PS/c1-39-26-19-17-25(18-20-26)21-40-33(38)34(22-36-31(37)30(35)32(36)42-24-34)23-41(27-11-5-2-6-12-27,28-13-7-3-8-14-28)29-15-9-4-10-16-29/h2-20,23,30,32H,21-22,24,35H2,1H3/t30?,32-,34?/m1/s1. The summed E-state index contributed by atoms with van der Waals surface area (Å²) in [6.07, 6.45) is 0. The van der Waals surface area contributed by atoms with Crippen LogP contribution < -0.4 is 26.4 Å². The van der Waals surface area contributed by atoms with Crippen molar-refractivity contribution < 1.29 is 19.1 Å². The summed E-state index contributed by atoms with van der Waals surface area (Å²) in [4.78, 5) is 29.1. The minimum absolute atomic E-state index is 0.118. The van der Waals surface area contributed by atoms with E-state index in [1.807, 2.05) is 78.9 Å². The molecule has 4 aromatic carbocycles. The van der Waals surface area contributed by atoms with Crippen LogP contribution in [0, 0.1) is 5.41 Å². The predicted molar refractivity (Wildman–Crippen MR) is 172 cm³/mol. The van der Waals surface area contributed by atoms with Crippen LogP contribution in [0.15, 0.2) is 115 Å². The molecule has 0 aliphatic carbocycles. The Kier molecular flexibility index (Phi) is 8.00. The number of hydrogen-bond donors (Lipinski definition) is 1. The number of amides is 1. The fraction of sp³-hybridized carbons (Fsp3) is 0.206. The molecule has 0 saturated carbocycles. The van der Waals surface area contributed by atoms with Crippen molar-refractivity contribution in [1.29, 1.82) is 0 Å². The van der Waals surface area contributed by atoms with Gasteiger partial charge in [-0.2, -0.15) is 0 Å². The minimum Gasteiger partial charge on any atom is -0.497 e. The monoisotopic (exact) mass is 596 g/mol. The van der Waals surface area contributed by atoms with Crippen LogP contribution >= 0.6 is 18.6 Å². The average Bonchev–Trinajstić information content (AvgIpc) is 3.07. The van der Waals surface area contributed by atoms with Gasteiger partial charge in [0.1, 0.15) is 29.2 Å². The van der Waals surface area contributed by atoms with Gasteiger partial charge in [-0.25, -0.2) is 0 Å². The zero-order valence-electron chi connectivity index (χ0n) is 23.3. The Morgan fingerprint density at radius 1 is 0.905 bits per heavy atom. The van der Waals surface area contributed by atoms with Crippen LogP contribution in [0.5, 0.6) is 5.75 Å². The normalized spacial score (nSPS) is 21.6. The lowest BCUT2D eigenvalue weighted by atomic mass is 9.89. The molecule has 0 radical (unpaired) electrons. The first kappa shape index (κ1) is 28.4. The third kappa shape index (κ3) is 5.06. The first-order valence-corrected chi connectivity index (χ1v) is 16.8. The van der Waals surface area contributed by atoms with Gasteiger partial charge in [0, 0.05) is 12.3 Å². The van der Waals surface area contributed by atoms with E-state index in [1.54, 1.807) is 23.8 Å². The molecule has 0 bridgehead atoms. The highest BCUT2D eigenvalue weighted by Crippen LogP contribution is 2.50. The van der Waals surface area contributed by atoms with Crippen LogP contribution in [0.2, 0.25) is 0 Å². The number of thioether (sulfide) groups is 1. The lowest BCUT2D eigenvalue weighted by molar-refractivity contribution is -0.157. The molecule has 2 aliphatic heterocycles. The van der Waals surface area contributed by atoms with Crippen molar-refractivity contribution in [3.63, 3.8) is 0 Å². The predicted octanol–water partition coefficient (Wildman–Crippen LogP) is 3.76. The number of hydrogen-bond acceptors (Lipinski definition) is 6. The first-order valence-electron chi connectivity index (χ1n) is 13.9. The van der Waals surface area contributed by atoms with Gasteiger partial charge in [0.25, 0.3) is 0 Å². The van der Waals surface area contributed by atoms with E-state index < -0.39 is 18.3 Å². The fourth-order valence-corrected chi connectivity index (χ4v) is 11.7. The molecule has 2 unspecified atom stereocenters. The van der Waals surface area contributed by atoms with Crippen LogP contribution in [0.3, 0.4) is 0 Å². The van der Waals surface area contributed by atoms with Crippen molar-refractivity contribution in [3.05, 3.63) is 121 Å². The topological polar surface area (TPSA) is 81.9 Å². The van der Waals surface area contributed by atoms with Gasteiger partial charge in [-0.15, -0.1) is 11.8 Å². The Labute approximate surface area is 250 Å². The van der Waals surface area contributed by atoms with Gasteiger partial charge in [0.2, 0.25) is 5.91 Å². The summed E-state index contributed by atoms with van der Waals surface area (Å²) in [5.41, 5.74) is 5.95. The zero-order chi connectivity index (χ0) is 29.2. The largest absolute Gasteiger partial charge is 0.497 e. The van der Waals surface area contributed by atoms with Crippen LogP contribution in [0.4, 0.5) is 0 Å². The summed E-state index contributed by atoms with van der Waals surface area (Å²) < 4.78 is 11.4. The molecule has 4 aromatic rings. The molecule has 6 rings (SSSR count). The number of benzene rings is 4. The summed E-state index contributed by atoms with van der Waals surface area (Å²) in [7, 11) is 1.62. The third-order valence-electron chi connectivity index (χ3n) is 8.01. The molecule has 42 heavy (non-hydrogen) atoms. The highest BCUT2D eigenvalue weighted by Gasteiger charge is 2.56. The van der Waals surface area contributed by atoms with E-state index in [1.165, 1.54) is 0 Å². The first-order chi connectivity index (χ1) is 20.5. The number of rotatable bonds is 8. The summed E-state index contributed by atoms with van der Waals surface area (Å²) in [5, 5.41) is 3.25. The molecule has 0 spiro atoms. The summed E-state index contributed by atoms with van der Waals surface area (Å²) in [6, 6.07) is 38.1. The van der Waals surface area contributed by atoms with E-state index in [0.717, 1.165) is 27.2 Å². The third-order valence-corrected chi connectivity index (χ3v) is 13.8. The number of nitrogens with two attached hydrogens (primary N) is 1. The van der Waals surface area contributed by atoms with E-state index in [-0.39, 0.29) is 30.4 Å². The highest BCUT2D eigenvalue weighted by molar-refractivity contribution is 8.00. The van der Waals surface area contributed by atoms with Gasteiger partial charge >= 0.3 is 5.97 Å². The van der Waals surface area contributed by atoms with Crippen LogP contribution in [-0.4, -0.2) is 53.4 Å². The SMILES string of the molecule is COc1ccc(COC(=O)C2(C=P(c3ccccc3)(c3ccccc3)c3ccccc3)CS[C@@H]3C(N)C(=O)N3C2)cc1. The van der Waals surface area contributed by atoms with Gasteiger partial charge < -0.3 is 20.1 Å². The van der Waals surface area contributed by atoms with Gasteiger partial charge in [0.05, 0.1) is 7.11 Å². The molecule has 8 heteroatoms. The van der Waals surface area contributed by atoms with Crippen molar-refractivity contribution in [1.82, 2.24) is 4.90 Å². The Bertz CT molecular complexity index is 1510. The number of carbonyl (C=O) groups is 2. The minimum atomic E-state index is -2.53. The fourth-order valence-electron chi connectivity index (χ4n) is 5.80. The van der Waals surface area contributed by atoms with E-state index in [9.17, 15) is 9.59 Å². The van der Waals surface area contributed by atoms with E-state index >= 15 is 0 Å². The molecule has 2 N–H and O–H groups in total. The smallest absolute Gasteiger partial charge is 0.319 e. The van der Waals surface area contributed by atoms with Crippen molar-refractivity contribution in [2.24, 2.45) is 11.1 Å². The molecule has 1 amide bonds. The molecule has 2 saturated heterocycles. The number of esters is 1. The van der Waals surface area contributed by atoms with Gasteiger partial charge in [-0.1, -0.05) is 109 Å². The molecule has 2 heterocycles. The molecular formula is C34H33N2O4PS. The molecule has 0 aromatic heterocycles. The maximum absolute atomic E-state index is 14.4. The molecule has 3 atom stereocenters. The Balaban J connectivity index is 1.53. The van der Waals surface area contributed by atoms with Crippen LogP contribution in [0.25, 0.3) is 0 Å². The number of nitrogens with zero attached hydrogens (tertiary/aromatic N) is 1. The molecular weight excluding hydrogens is 563 g/mol. The molecule has 2 aliphatic rings. The summed E-state index contributed by atoms with van der Waals surface area (Å²) in [6.45, 7) is -2.18. The molecule has 2 fully saturated rings. The Hall–Kier alpha value is -3.77.